The Labute approximate surface area is 111 Å². The molecule has 1 N–H and O–H groups in total. The quantitative estimate of drug-likeness (QED) is 0.886. The minimum Gasteiger partial charge on any atom is -0.395 e. The lowest BCUT2D eigenvalue weighted by atomic mass is 9.92. The fraction of sp³-hybridized carbons (Fsp3) is 0.143. The minimum atomic E-state index is -0.110. The molecule has 0 heterocycles. The van der Waals surface area contributed by atoms with Crippen LogP contribution in [0.1, 0.15) is 17.0 Å². The van der Waals surface area contributed by atoms with E-state index in [9.17, 15) is 5.11 Å². The van der Waals surface area contributed by atoms with E-state index in [1.165, 1.54) is 0 Å². The predicted octanol–water partition coefficient (Wildman–Crippen LogP) is 4.12. The molecule has 0 spiro atoms. The molecule has 88 valence electrons. The summed E-state index contributed by atoms with van der Waals surface area (Å²) in [6.07, 6.45) is 0. The van der Waals surface area contributed by atoms with Gasteiger partial charge < -0.3 is 5.11 Å². The largest absolute Gasteiger partial charge is 0.395 e. The van der Waals surface area contributed by atoms with Gasteiger partial charge in [0.15, 0.2) is 0 Å². The molecule has 0 bridgehead atoms. The molecular formula is C14H12Cl2O. The summed E-state index contributed by atoms with van der Waals surface area (Å²) in [5, 5.41) is 10.7. The van der Waals surface area contributed by atoms with Crippen LogP contribution in [0.4, 0.5) is 0 Å². The van der Waals surface area contributed by atoms with Gasteiger partial charge in [0.1, 0.15) is 0 Å². The summed E-state index contributed by atoms with van der Waals surface area (Å²) in [5.74, 6) is -0.110. The number of benzene rings is 2. The van der Waals surface area contributed by atoms with Gasteiger partial charge in [-0.2, -0.15) is 0 Å². The second-order valence-electron chi connectivity index (χ2n) is 3.81. The first-order valence-electron chi connectivity index (χ1n) is 5.33. The molecule has 2 rings (SSSR count). The molecule has 0 saturated carbocycles. The molecule has 0 aliphatic heterocycles. The average Bonchev–Trinajstić information content (AvgIpc) is 2.34. The van der Waals surface area contributed by atoms with Gasteiger partial charge in [-0.05, 0) is 23.3 Å². The Morgan fingerprint density at radius 2 is 1.71 bits per heavy atom. The van der Waals surface area contributed by atoms with Gasteiger partial charge in [-0.3, -0.25) is 0 Å². The van der Waals surface area contributed by atoms with Crippen LogP contribution in [-0.4, -0.2) is 11.7 Å². The maximum atomic E-state index is 9.54. The highest BCUT2D eigenvalue weighted by atomic mass is 35.5. The van der Waals surface area contributed by atoms with Crippen molar-refractivity contribution in [3.8, 4) is 0 Å². The standard InChI is InChI=1S/C14H12Cl2O/c15-11-6-7-12(14(16)8-11)13(9-17)10-4-2-1-3-5-10/h1-8,13,17H,9H2. The minimum absolute atomic E-state index is 0.0192. The number of hydrogen-bond donors (Lipinski definition) is 1. The van der Waals surface area contributed by atoms with Gasteiger partial charge in [-0.25, -0.2) is 0 Å². The van der Waals surface area contributed by atoms with E-state index in [2.05, 4.69) is 0 Å². The third-order valence-electron chi connectivity index (χ3n) is 2.72. The fourth-order valence-corrected chi connectivity index (χ4v) is 2.39. The molecule has 0 amide bonds. The SMILES string of the molecule is OCC(c1ccccc1)c1ccc(Cl)cc1Cl. The van der Waals surface area contributed by atoms with Crippen LogP contribution in [0.5, 0.6) is 0 Å². The fourth-order valence-electron chi connectivity index (χ4n) is 1.85. The van der Waals surface area contributed by atoms with Gasteiger partial charge in [0.2, 0.25) is 0 Å². The second-order valence-corrected chi connectivity index (χ2v) is 4.66. The first-order valence-corrected chi connectivity index (χ1v) is 6.08. The van der Waals surface area contributed by atoms with Crippen molar-refractivity contribution in [2.24, 2.45) is 0 Å². The van der Waals surface area contributed by atoms with Crippen molar-refractivity contribution < 1.29 is 5.11 Å². The van der Waals surface area contributed by atoms with Crippen molar-refractivity contribution in [1.29, 1.82) is 0 Å². The lowest BCUT2D eigenvalue weighted by Crippen LogP contribution is -2.06. The second kappa shape index (κ2) is 5.54. The highest BCUT2D eigenvalue weighted by Crippen LogP contribution is 2.31. The third kappa shape index (κ3) is 2.81. The van der Waals surface area contributed by atoms with Gasteiger partial charge >= 0.3 is 0 Å². The van der Waals surface area contributed by atoms with Crippen LogP contribution in [0.3, 0.4) is 0 Å². The van der Waals surface area contributed by atoms with Gasteiger partial charge in [0, 0.05) is 16.0 Å². The number of hydrogen-bond acceptors (Lipinski definition) is 1. The number of rotatable bonds is 3. The summed E-state index contributed by atoms with van der Waals surface area (Å²) >= 11 is 12.0. The van der Waals surface area contributed by atoms with E-state index in [0.717, 1.165) is 11.1 Å². The van der Waals surface area contributed by atoms with E-state index in [-0.39, 0.29) is 12.5 Å². The van der Waals surface area contributed by atoms with Crippen LogP contribution in [0.2, 0.25) is 10.0 Å². The van der Waals surface area contributed by atoms with Gasteiger partial charge in [0.25, 0.3) is 0 Å². The van der Waals surface area contributed by atoms with E-state index in [1.807, 2.05) is 36.4 Å². The van der Waals surface area contributed by atoms with Crippen molar-refractivity contribution in [3.63, 3.8) is 0 Å². The van der Waals surface area contributed by atoms with Crippen LogP contribution in [0.15, 0.2) is 48.5 Å². The van der Waals surface area contributed by atoms with Gasteiger partial charge in [0.05, 0.1) is 6.61 Å². The van der Waals surface area contributed by atoms with Crippen LogP contribution in [-0.2, 0) is 0 Å². The molecule has 0 aliphatic carbocycles. The molecule has 0 aliphatic rings. The molecule has 0 aromatic heterocycles. The Morgan fingerprint density at radius 1 is 1.00 bits per heavy atom. The number of aliphatic hydroxyl groups is 1. The smallest absolute Gasteiger partial charge is 0.0541 e. The van der Waals surface area contributed by atoms with E-state index in [1.54, 1.807) is 12.1 Å². The van der Waals surface area contributed by atoms with E-state index < -0.39 is 0 Å². The zero-order valence-electron chi connectivity index (χ0n) is 9.11. The highest BCUT2D eigenvalue weighted by molar-refractivity contribution is 6.35. The Morgan fingerprint density at radius 3 is 2.29 bits per heavy atom. The molecule has 2 aromatic carbocycles. The summed E-state index contributed by atoms with van der Waals surface area (Å²) in [7, 11) is 0. The molecule has 0 radical (unpaired) electrons. The Balaban J connectivity index is 2.42. The molecular weight excluding hydrogens is 255 g/mol. The zero-order valence-corrected chi connectivity index (χ0v) is 10.6. The first-order chi connectivity index (χ1) is 8.22. The summed E-state index contributed by atoms with van der Waals surface area (Å²) in [6.45, 7) is 0.0192. The Hall–Kier alpha value is -1.02. The van der Waals surface area contributed by atoms with Crippen molar-refractivity contribution >= 4 is 23.2 Å². The molecule has 2 aromatic rings. The lowest BCUT2D eigenvalue weighted by Gasteiger charge is -2.16. The van der Waals surface area contributed by atoms with E-state index in [4.69, 9.17) is 23.2 Å². The molecule has 1 unspecified atom stereocenters. The number of halogens is 2. The normalized spacial score (nSPS) is 12.4. The van der Waals surface area contributed by atoms with Crippen LogP contribution in [0, 0.1) is 0 Å². The Kier molecular flexibility index (Phi) is 4.06. The van der Waals surface area contributed by atoms with Gasteiger partial charge in [-0.15, -0.1) is 0 Å². The maximum absolute atomic E-state index is 9.54. The van der Waals surface area contributed by atoms with Crippen molar-refractivity contribution in [2.75, 3.05) is 6.61 Å². The van der Waals surface area contributed by atoms with Crippen LogP contribution in [0.25, 0.3) is 0 Å². The first kappa shape index (κ1) is 12.4. The van der Waals surface area contributed by atoms with Gasteiger partial charge in [-0.1, -0.05) is 59.6 Å². The maximum Gasteiger partial charge on any atom is 0.0541 e. The predicted molar refractivity (Wildman–Crippen MR) is 71.8 cm³/mol. The summed E-state index contributed by atoms with van der Waals surface area (Å²) in [6, 6.07) is 15.1. The molecule has 0 fully saturated rings. The van der Waals surface area contributed by atoms with Crippen molar-refractivity contribution in [1.82, 2.24) is 0 Å². The van der Waals surface area contributed by atoms with Crippen molar-refractivity contribution in [3.05, 3.63) is 69.7 Å². The van der Waals surface area contributed by atoms with Crippen LogP contribution >= 0.6 is 23.2 Å². The summed E-state index contributed by atoms with van der Waals surface area (Å²) in [4.78, 5) is 0. The average molecular weight is 267 g/mol. The monoisotopic (exact) mass is 266 g/mol. The molecule has 3 heteroatoms. The lowest BCUT2D eigenvalue weighted by molar-refractivity contribution is 0.280. The third-order valence-corrected chi connectivity index (χ3v) is 3.28. The summed E-state index contributed by atoms with van der Waals surface area (Å²) in [5.41, 5.74) is 1.93. The Bertz CT molecular complexity index is 497. The summed E-state index contributed by atoms with van der Waals surface area (Å²) < 4.78 is 0. The molecule has 17 heavy (non-hydrogen) atoms. The van der Waals surface area contributed by atoms with E-state index in [0.29, 0.717) is 10.0 Å². The van der Waals surface area contributed by atoms with Crippen LogP contribution < -0.4 is 0 Å². The van der Waals surface area contributed by atoms with E-state index >= 15 is 0 Å². The van der Waals surface area contributed by atoms with Crippen molar-refractivity contribution in [2.45, 2.75) is 5.92 Å². The highest BCUT2D eigenvalue weighted by Gasteiger charge is 2.15. The molecule has 0 saturated heterocycles. The number of aliphatic hydroxyl groups excluding tert-OH is 1. The topological polar surface area (TPSA) is 20.2 Å². The molecule has 1 atom stereocenters. The zero-order chi connectivity index (χ0) is 12.3. The molecule has 1 nitrogen and oxygen atoms in total.